The van der Waals surface area contributed by atoms with Crippen LogP contribution in [0.3, 0.4) is 0 Å². The Labute approximate surface area is 64.0 Å². The Hall–Kier alpha value is -0.710. The smallest absolute Gasteiger partial charge is 0.327 e. The number of hydrogen-bond donors (Lipinski definition) is 3. The number of rotatable bonds is 3. The summed E-state index contributed by atoms with van der Waals surface area (Å²) >= 11 is 3.73. The number of aliphatic carboxylic acids is 1. The van der Waals surface area contributed by atoms with Crippen LogP contribution in [0.4, 0.5) is 0 Å². The summed E-state index contributed by atoms with van der Waals surface area (Å²) in [4.78, 5) is 20.5. The zero-order chi connectivity index (χ0) is 8.15. The van der Waals surface area contributed by atoms with Crippen LogP contribution in [0.5, 0.6) is 0 Å². The molecule has 0 spiro atoms. The Kier molecular flexibility index (Phi) is 3.87. The molecule has 0 saturated carbocycles. The quantitative estimate of drug-likeness (QED) is 0.492. The number of carbonyl (C=O) groups excluding carboxylic acids is 1. The molecule has 0 rings (SSSR count). The maximum absolute atomic E-state index is 10.3. The molecule has 0 saturated heterocycles. The van der Waals surface area contributed by atoms with E-state index in [1.54, 1.807) is 0 Å². The SMILES string of the molecule is CC(=O)N[C@H](CS)C(=O)O. The highest BCUT2D eigenvalue weighted by molar-refractivity contribution is 7.80. The Morgan fingerprint density at radius 1 is 1.70 bits per heavy atom. The summed E-state index contributed by atoms with van der Waals surface area (Å²) in [7, 11) is 0. The molecule has 0 bridgehead atoms. The van der Waals surface area contributed by atoms with Gasteiger partial charge in [0.25, 0.3) is 0 Å². The van der Waals surface area contributed by atoms with E-state index in [1.807, 2.05) is 0 Å². The fourth-order valence-electron chi connectivity index (χ4n) is 0.431. The monoisotopic (exact) mass is 163 g/mol. The highest BCUT2D eigenvalue weighted by Crippen LogP contribution is 1.86. The summed E-state index contributed by atoms with van der Waals surface area (Å²) in [5.41, 5.74) is 0. The van der Waals surface area contributed by atoms with Gasteiger partial charge in [0, 0.05) is 12.7 Å². The average molecular weight is 163 g/mol. The molecule has 0 aromatic carbocycles. The van der Waals surface area contributed by atoms with E-state index in [9.17, 15) is 9.59 Å². The van der Waals surface area contributed by atoms with Gasteiger partial charge in [0.2, 0.25) is 5.91 Å². The van der Waals surface area contributed by atoms with E-state index in [0.29, 0.717) is 0 Å². The molecule has 0 aliphatic rings. The van der Waals surface area contributed by atoms with Crippen molar-refractivity contribution in [1.82, 2.24) is 5.32 Å². The van der Waals surface area contributed by atoms with Crippen molar-refractivity contribution in [3.63, 3.8) is 0 Å². The lowest BCUT2D eigenvalue weighted by atomic mass is 10.3. The molecule has 2 N–H and O–H groups in total. The van der Waals surface area contributed by atoms with Gasteiger partial charge in [-0.3, -0.25) is 4.79 Å². The number of nitrogens with one attached hydrogen (secondary N) is 1. The fraction of sp³-hybridized carbons (Fsp3) is 0.600. The van der Waals surface area contributed by atoms with Crippen molar-refractivity contribution >= 4 is 24.5 Å². The first-order valence-electron chi connectivity index (χ1n) is 2.68. The van der Waals surface area contributed by atoms with E-state index in [4.69, 9.17) is 5.11 Å². The van der Waals surface area contributed by atoms with Crippen molar-refractivity contribution < 1.29 is 14.7 Å². The summed E-state index contributed by atoms with van der Waals surface area (Å²) in [5.74, 6) is -1.32. The van der Waals surface area contributed by atoms with Crippen molar-refractivity contribution in [3.05, 3.63) is 0 Å². The summed E-state index contributed by atoms with van der Waals surface area (Å²) < 4.78 is 0. The number of thiol groups is 1. The fourth-order valence-corrected chi connectivity index (χ4v) is 0.678. The zero-order valence-electron chi connectivity index (χ0n) is 5.50. The molecule has 10 heavy (non-hydrogen) atoms. The van der Waals surface area contributed by atoms with Crippen molar-refractivity contribution in [1.29, 1.82) is 0 Å². The third kappa shape index (κ3) is 3.34. The second kappa shape index (κ2) is 4.16. The predicted octanol–water partition coefficient (Wildman–Crippen LogP) is -0.494. The van der Waals surface area contributed by atoms with E-state index in [1.165, 1.54) is 6.92 Å². The van der Waals surface area contributed by atoms with Crippen LogP contribution in [0.15, 0.2) is 0 Å². The van der Waals surface area contributed by atoms with Crippen molar-refractivity contribution in [2.45, 2.75) is 13.0 Å². The maximum atomic E-state index is 10.3. The van der Waals surface area contributed by atoms with E-state index in [0.717, 1.165) is 0 Å². The van der Waals surface area contributed by atoms with Gasteiger partial charge in [-0.25, -0.2) is 4.79 Å². The molecule has 0 aliphatic carbocycles. The van der Waals surface area contributed by atoms with Gasteiger partial charge < -0.3 is 10.4 Å². The Morgan fingerprint density at radius 2 is 2.20 bits per heavy atom. The molecule has 0 fully saturated rings. The second-order valence-electron chi connectivity index (χ2n) is 1.77. The Bertz CT molecular complexity index is 148. The van der Waals surface area contributed by atoms with Gasteiger partial charge in [-0.15, -0.1) is 0 Å². The zero-order valence-corrected chi connectivity index (χ0v) is 6.39. The summed E-state index contributed by atoms with van der Waals surface area (Å²) in [6.45, 7) is 1.26. The first-order valence-corrected chi connectivity index (χ1v) is 3.32. The predicted molar refractivity (Wildman–Crippen MR) is 39.1 cm³/mol. The van der Waals surface area contributed by atoms with Gasteiger partial charge in [0.05, 0.1) is 0 Å². The van der Waals surface area contributed by atoms with Crippen LogP contribution in [0.25, 0.3) is 0 Å². The molecular formula is C5H9NO3S. The number of carboxylic acids is 1. The minimum atomic E-state index is -1.06. The number of amides is 1. The third-order valence-electron chi connectivity index (χ3n) is 0.858. The van der Waals surface area contributed by atoms with Gasteiger partial charge in [0.15, 0.2) is 0 Å². The minimum Gasteiger partial charge on any atom is -0.480 e. The molecule has 5 heteroatoms. The number of carboxylic acid groups (broad SMARTS) is 1. The van der Waals surface area contributed by atoms with Gasteiger partial charge in [-0.1, -0.05) is 0 Å². The molecule has 0 unspecified atom stereocenters. The topological polar surface area (TPSA) is 66.4 Å². The van der Waals surface area contributed by atoms with Gasteiger partial charge in [-0.2, -0.15) is 12.6 Å². The lowest BCUT2D eigenvalue weighted by molar-refractivity contribution is -0.140. The standard InChI is InChI=1S/C5H9NO3S/c1-3(7)6-4(2-10)5(8)9/h4,10H,2H2,1H3,(H,6,7)(H,8,9)/t4-/m1/s1. The van der Waals surface area contributed by atoms with Crippen LogP contribution in [0.2, 0.25) is 0 Å². The van der Waals surface area contributed by atoms with Gasteiger partial charge in [0.1, 0.15) is 6.04 Å². The van der Waals surface area contributed by atoms with Crippen LogP contribution < -0.4 is 5.32 Å². The molecule has 0 heterocycles. The highest BCUT2D eigenvalue weighted by atomic mass is 32.1. The molecule has 0 aromatic heterocycles. The van der Waals surface area contributed by atoms with Crippen LogP contribution in [0.1, 0.15) is 6.92 Å². The van der Waals surface area contributed by atoms with Gasteiger partial charge >= 0.3 is 5.97 Å². The van der Waals surface area contributed by atoms with Crippen LogP contribution in [0, 0.1) is 0 Å². The van der Waals surface area contributed by atoms with Gasteiger partial charge in [-0.05, 0) is 0 Å². The van der Waals surface area contributed by atoms with Crippen molar-refractivity contribution in [2.24, 2.45) is 0 Å². The number of carbonyl (C=O) groups is 2. The molecule has 0 aromatic rings. The molecule has 0 aliphatic heterocycles. The Morgan fingerprint density at radius 3 is 2.30 bits per heavy atom. The third-order valence-corrected chi connectivity index (χ3v) is 1.22. The van der Waals surface area contributed by atoms with Crippen LogP contribution in [-0.4, -0.2) is 28.8 Å². The molecule has 58 valence electrons. The van der Waals surface area contributed by atoms with E-state index in [2.05, 4.69) is 17.9 Å². The summed E-state index contributed by atoms with van der Waals surface area (Å²) in [5, 5.41) is 10.6. The van der Waals surface area contributed by atoms with Crippen LogP contribution >= 0.6 is 12.6 Å². The van der Waals surface area contributed by atoms with Crippen molar-refractivity contribution in [3.8, 4) is 0 Å². The van der Waals surface area contributed by atoms with E-state index >= 15 is 0 Å². The lowest BCUT2D eigenvalue weighted by Gasteiger charge is -2.08. The second-order valence-corrected chi connectivity index (χ2v) is 2.14. The van der Waals surface area contributed by atoms with Crippen molar-refractivity contribution in [2.75, 3.05) is 5.75 Å². The normalized spacial score (nSPS) is 12.2. The first-order chi connectivity index (χ1) is 4.57. The molecular weight excluding hydrogens is 154 g/mol. The first kappa shape index (κ1) is 9.29. The Balaban J connectivity index is 3.83. The summed E-state index contributed by atoms with van der Waals surface area (Å²) in [6, 6.07) is -0.874. The van der Waals surface area contributed by atoms with Crippen LogP contribution in [-0.2, 0) is 9.59 Å². The van der Waals surface area contributed by atoms with E-state index in [-0.39, 0.29) is 11.7 Å². The molecule has 0 radical (unpaired) electrons. The maximum Gasteiger partial charge on any atom is 0.327 e. The minimum absolute atomic E-state index is 0.106. The molecule has 1 atom stereocenters. The number of hydrogen-bond acceptors (Lipinski definition) is 3. The molecule has 1 amide bonds. The highest BCUT2D eigenvalue weighted by Gasteiger charge is 2.14. The molecule has 4 nitrogen and oxygen atoms in total. The summed E-state index contributed by atoms with van der Waals surface area (Å²) in [6.07, 6.45) is 0. The lowest BCUT2D eigenvalue weighted by Crippen LogP contribution is -2.40. The van der Waals surface area contributed by atoms with E-state index < -0.39 is 12.0 Å². The average Bonchev–Trinajstić information content (AvgIpc) is 1.81. The largest absolute Gasteiger partial charge is 0.480 e.